The fourth-order valence-corrected chi connectivity index (χ4v) is 1.46. The van der Waals surface area contributed by atoms with Crippen LogP contribution < -0.4 is 11.1 Å². The van der Waals surface area contributed by atoms with E-state index >= 15 is 0 Å². The molecule has 0 bridgehead atoms. The van der Waals surface area contributed by atoms with Crippen molar-refractivity contribution in [2.45, 2.75) is 13.5 Å². The predicted molar refractivity (Wildman–Crippen MR) is 67.0 cm³/mol. The first-order chi connectivity index (χ1) is 8.54. The van der Waals surface area contributed by atoms with Gasteiger partial charge in [-0.25, -0.2) is 14.6 Å². The second kappa shape index (κ2) is 5.01. The number of pyridine rings is 1. The number of aryl methyl sites for hydroxylation is 1. The number of anilines is 2. The molecule has 94 valence electrons. The summed E-state index contributed by atoms with van der Waals surface area (Å²) in [6.07, 6.45) is 2.88. The predicted octanol–water partition coefficient (Wildman–Crippen LogP) is 0.856. The van der Waals surface area contributed by atoms with Crippen LogP contribution in [0.3, 0.4) is 0 Å². The zero-order valence-electron chi connectivity index (χ0n) is 9.59. The molecule has 3 N–H and O–H groups in total. The van der Waals surface area contributed by atoms with E-state index in [0.717, 1.165) is 5.56 Å². The second-order valence-electron chi connectivity index (χ2n) is 3.68. The summed E-state index contributed by atoms with van der Waals surface area (Å²) in [5, 5.41) is 6.90. The highest BCUT2D eigenvalue weighted by Gasteiger charge is 2.06. The molecule has 0 atom stereocenters. The van der Waals surface area contributed by atoms with Crippen molar-refractivity contribution in [3.05, 3.63) is 29.3 Å². The van der Waals surface area contributed by atoms with Crippen LogP contribution >= 0.6 is 11.6 Å². The lowest BCUT2D eigenvalue weighted by atomic mass is 10.3. The quantitative estimate of drug-likeness (QED) is 0.803. The summed E-state index contributed by atoms with van der Waals surface area (Å²) in [6.45, 7) is 1.84. The van der Waals surface area contributed by atoms with Gasteiger partial charge in [0.15, 0.2) is 0 Å². The average Bonchev–Trinajstić information content (AvgIpc) is 2.69. The number of rotatable bonds is 3. The minimum atomic E-state index is -0.247. The smallest absolute Gasteiger partial charge is 0.246 e. The number of nitrogen functional groups attached to an aromatic ring is 1. The molecule has 2 aromatic heterocycles. The summed E-state index contributed by atoms with van der Waals surface area (Å²) in [5.74, 6) is -0.116. The van der Waals surface area contributed by atoms with Gasteiger partial charge in [-0.15, -0.1) is 5.10 Å². The fourth-order valence-electron chi connectivity index (χ4n) is 1.36. The monoisotopic (exact) mass is 266 g/mol. The third-order valence-corrected chi connectivity index (χ3v) is 2.55. The van der Waals surface area contributed by atoms with Crippen LogP contribution in [0.5, 0.6) is 0 Å². The Morgan fingerprint density at radius 1 is 1.56 bits per heavy atom. The molecule has 0 spiro atoms. The number of hydrogen-bond acceptors (Lipinski definition) is 5. The second-order valence-corrected chi connectivity index (χ2v) is 4.04. The zero-order valence-corrected chi connectivity index (χ0v) is 10.3. The maximum Gasteiger partial charge on any atom is 0.246 e. The average molecular weight is 267 g/mol. The largest absolute Gasteiger partial charge is 0.367 e. The molecule has 2 rings (SSSR count). The molecule has 2 heterocycles. The van der Waals surface area contributed by atoms with Crippen molar-refractivity contribution in [2.75, 3.05) is 11.1 Å². The molecule has 8 heteroatoms. The molecule has 7 nitrogen and oxygen atoms in total. The Bertz CT molecular complexity index is 581. The SMILES string of the molecule is Cc1cc(NC(=O)Cn2cnc(N)n2)cnc1Cl. The van der Waals surface area contributed by atoms with Gasteiger partial charge in [-0.05, 0) is 18.6 Å². The summed E-state index contributed by atoms with van der Waals surface area (Å²) < 4.78 is 1.35. The Kier molecular flexibility index (Phi) is 3.42. The van der Waals surface area contributed by atoms with Crippen molar-refractivity contribution in [3.63, 3.8) is 0 Å². The van der Waals surface area contributed by atoms with Crippen LogP contribution in [0.2, 0.25) is 5.15 Å². The Morgan fingerprint density at radius 3 is 2.94 bits per heavy atom. The molecule has 0 saturated carbocycles. The molecule has 0 fully saturated rings. The third-order valence-electron chi connectivity index (χ3n) is 2.16. The van der Waals surface area contributed by atoms with Gasteiger partial charge in [0.05, 0.1) is 11.9 Å². The van der Waals surface area contributed by atoms with Crippen LogP contribution in [0.15, 0.2) is 18.6 Å². The van der Waals surface area contributed by atoms with E-state index in [1.807, 2.05) is 6.92 Å². The minimum Gasteiger partial charge on any atom is -0.367 e. The standard InChI is InChI=1S/C10H11ClN6O/c1-6-2-7(3-13-9(6)11)15-8(18)4-17-5-14-10(12)16-17/h2-3,5H,4H2,1H3,(H2,12,16)(H,15,18). The maximum atomic E-state index is 11.7. The number of amides is 1. The van der Waals surface area contributed by atoms with Crippen LogP contribution in [0.1, 0.15) is 5.56 Å². The molecule has 2 aromatic rings. The number of halogens is 1. The van der Waals surface area contributed by atoms with Crippen molar-refractivity contribution in [2.24, 2.45) is 0 Å². The summed E-state index contributed by atoms with van der Waals surface area (Å²) in [7, 11) is 0. The number of carbonyl (C=O) groups is 1. The molecule has 0 saturated heterocycles. The van der Waals surface area contributed by atoms with Gasteiger partial charge in [-0.3, -0.25) is 4.79 Å². The van der Waals surface area contributed by atoms with Crippen LogP contribution in [-0.4, -0.2) is 25.7 Å². The van der Waals surface area contributed by atoms with E-state index in [4.69, 9.17) is 17.3 Å². The van der Waals surface area contributed by atoms with Gasteiger partial charge in [-0.2, -0.15) is 0 Å². The van der Waals surface area contributed by atoms with Gasteiger partial charge in [0.2, 0.25) is 11.9 Å². The summed E-state index contributed by atoms with van der Waals surface area (Å²) in [6, 6.07) is 1.74. The number of nitrogens with zero attached hydrogens (tertiary/aromatic N) is 4. The van der Waals surface area contributed by atoms with Gasteiger partial charge in [0.25, 0.3) is 0 Å². The first kappa shape index (κ1) is 12.3. The van der Waals surface area contributed by atoms with Crippen LogP contribution in [-0.2, 0) is 11.3 Å². The molecule has 0 aliphatic rings. The van der Waals surface area contributed by atoms with Crippen LogP contribution in [0, 0.1) is 6.92 Å². The van der Waals surface area contributed by atoms with E-state index in [9.17, 15) is 4.79 Å². The number of nitrogens with one attached hydrogen (secondary N) is 1. The third kappa shape index (κ3) is 2.95. The Balaban J connectivity index is 2.00. The van der Waals surface area contributed by atoms with Crippen LogP contribution in [0.4, 0.5) is 11.6 Å². The first-order valence-electron chi connectivity index (χ1n) is 5.11. The Morgan fingerprint density at radius 2 is 2.33 bits per heavy atom. The molecule has 0 aliphatic heterocycles. The van der Waals surface area contributed by atoms with E-state index in [1.165, 1.54) is 17.2 Å². The maximum absolute atomic E-state index is 11.7. The van der Waals surface area contributed by atoms with Gasteiger partial charge in [0.1, 0.15) is 18.0 Å². The normalized spacial score (nSPS) is 10.3. The number of aromatic nitrogens is 4. The number of nitrogens with two attached hydrogens (primary N) is 1. The number of hydrogen-bond donors (Lipinski definition) is 2. The first-order valence-corrected chi connectivity index (χ1v) is 5.49. The Labute approximate surface area is 108 Å². The van der Waals surface area contributed by atoms with E-state index in [0.29, 0.717) is 10.8 Å². The van der Waals surface area contributed by atoms with Crippen LogP contribution in [0.25, 0.3) is 0 Å². The van der Waals surface area contributed by atoms with E-state index in [2.05, 4.69) is 20.4 Å². The molecular weight excluding hydrogens is 256 g/mol. The lowest BCUT2D eigenvalue weighted by Crippen LogP contribution is -2.19. The summed E-state index contributed by atoms with van der Waals surface area (Å²) in [5.41, 5.74) is 6.71. The number of carbonyl (C=O) groups excluding carboxylic acids is 1. The highest BCUT2D eigenvalue weighted by atomic mass is 35.5. The van der Waals surface area contributed by atoms with Crippen molar-refractivity contribution >= 4 is 29.1 Å². The molecule has 0 radical (unpaired) electrons. The van der Waals surface area contributed by atoms with Gasteiger partial charge >= 0.3 is 0 Å². The van der Waals surface area contributed by atoms with E-state index in [1.54, 1.807) is 6.07 Å². The van der Waals surface area contributed by atoms with Gasteiger partial charge in [-0.1, -0.05) is 11.6 Å². The van der Waals surface area contributed by atoms with Gasteiger partial charge < -0.3 is 11.1 Å². The molecular formula is C10H11ClN6O. The van der Waals surface area contributed by atoms with Crippen molar-refractivity contribution < 1.29 is 4.79 Å². The summed E-state index contributed by atoms with van der Waals surface area (Å²) >= 11 is 5.79. The molecule has 0 aliphatic carbocycles. The molecule has 18 heavy (non-hydrogen) atoms. The van der Waals surface area contributed by atoms with Crippen molar-refractivity contribution in [1.82, 2.24) is 19.7 Å². The van der Waals surface area contributed by atoms with E-state index in [-0.39, 0.29) is 18.4 Å². The lowest BCUT2D eigenvalue weighted by Gasteiger charge is -2.06. The van der Waals surface area contributed by atoms with Crippen molar-refractivity contribution in [1.29, 1.82) is 0 Å². The molecule has 1 amide bonds. The molecule has 0 unspecified atom stereocenters. The highest BCUT2D eigenvalue weighted by molar-refractivity contribution is 6.30. The van der Waals surface area contributed by atoms with Gasteiger partial charge in [0, 0.05) is 0 Å². The topological polar surface area (TPSA) is 98.7 Å². The lowest BCUT2D eigenvalue weighted by molar-refractivity contribution is -0.116. The summed E-state index contributed by atoms with van der Waals surface area (Å²) in [4.78, 5) is 19.3. The van der Waals surface area contributed by atoms with Crippen molar-refractivity contribution in [3.8, 4) is 0 Å². The van der Waals surface area contributed by atoms with E-state index < -0.39 is 0 Å². The molecule has 0 aromatic carbocycles. The Hall–Kier alpha value is -2.15. The minimum absolute atomic E-state index is 0.0336. The highest BCUT2D eigenvalue weighted by Crippen LogP contribution is 2.15. The zero-order chi connectivity index (χ0) is 13.1. The fraction of sp³-hybridized carbons (Fsp3) is 0.200.